The summed E-state index contributed by atoms with van der Waals surface area (Å²) in [5.74, 6) is -0.445. The summed E-state index contributed by atoms with van der Waals surface area (Å²) in [4.78, 5) is 26.5. The summed E-state index contributed by atoms with van der Waals surface area (Å²) >= 11 is 0. The number of ether oxygens (including phenoxy) is 1. The number of rotatable bonds is 2. The van der Waals surface area contributed by atoms with Crippen LogP contribution in [0.5, 0.6) is 0 Å². The van der Waals surface area contributed by atoms with Gasteiger partial charge in [0.15, 0.2) is 0 Å². The normalized spacial score (nSPS) is 20.9. The Balaban J connectivity index is 2.21. The van der Waals surface area contributed by atoms with Crippen molar-refractivity contribution in [2.75, 3.05) is 13.6 Å². The third-order valence-electron chi connectivity index (χ3n) is 4.31. The molecule has 2 rings (SSSR count). The minimum absolute atomic E-state index is 0.227. The van der Waals surface area contributed by atoms with Crippen molar-refractivity contribution in [1.82, 2.24) is 9.80 Å². The standard InChI is InChI=1S/C18H25FN2O4/c1-18(2,3)25-17(24)20(4)12-9-10-21(16(22)23)15(11-12)13-7-5-6-8-14(13)19/h5-8,12,15H,9-11H2,1-4H3,(H,22,23). The number of piperidine rings is 1. The summed E-state index contributed by atoms with van der Waals surface area (Å²) in [5.41, 5.74) is -0.287. The van der Waals surface area contributed by atoms with E-state index in [1.54, 1.807) is 46.0 Å². The second-order valence-corrected chi connectivity index (χ2v) is 7.28. The van der Waals surface area contributed by atoms with E-state index in [0.717, 1.165) is 0 Å². The highest BCUT2D eigenvalue weighted by Gasteiger charge is 2.37. The molecule has 1 aromatic carbocycles. The predicted octanol–water partition coefficient (Wildman–Crippen LogP) is 3.88. The molecule has 1 aliphatic heterocycles. The summed E-state index contributed by atoms with van der Waals surface area (Å²) < 4.78 is 19.6. The third kappa shape index (κ3) is 4.61. The monoisotopic (exact) mass is 352 g/mol. The first-order chi connectivity index (χ1) is 11.6. The van der Waals surface area contributed by atoms with E-state index in [9.17, 15) is 19.1 Å². The van der Waals surface area contributed by atoms with Gasteiger partial charge in [0.1, 0.15) is 11.4 Å². The van der Waals surface area contributed by atoms with Crippen LogP contribution in [0.25, 0.3) is 0 Å². The molecular formula is C18H25FN2O4. The van der Waals surface area contributed by atoms with Gasteiger partial charge in [0.25, 0.3) is 0 Å². The molecule has 25 heavy (non-hydrogen) atoms. The summed E-state index contributed by atoms with van der Waals surface area (Å²) in [7, 11) is 1.63. The molecule has 0 bridgehead atoms. The zero-order valence-corrected chi connectivity index (χ0v) is 15.0. The van der Waals surface area contributed by atoms with Crippen LogP contribution >= 0.6 is 0 Å². The van der Waals surface area contributed by atoms with E-state index < -0.39 is 29.6 Å². The number of likely N-dealkylation sites (tertiary alicyclic amines) is 1. The number of carbonyl (C=O) groups excluding carboxylic acids is 1. The van der Waals surface area contributed by atoms with Crippen LogP contribution in [-0.4, -0.2) is 52.3 Å². The van der Waals surface area contributed by atoms with Crippen LogP contribution in [0, 0.1) is 5.82 Å². The Morgan fingerprint density at radius 2 is 1.96 bits per heavy atom. The van der Waals surface area contributed by atoms with Gasteiger partial charge in [0.2, 0.25) is 0 Å². The molecule has 1 aliphatic rings. The van der Waals surface area contributed by atoms with Crippen molar-refractivity contribution in [3.63, 3.8) is 0 Å². The molecule has 0 aliphatic carbocycles. The summed E-state index contributed by atoms with van der Waals surface area (Å²) in [6.07, 6.45) is -0.754. The molecule has 7 heteroatoms. The van der Waals surface area contributed by atoms with Crippen LogP contribution in [-0.2, 0) is 4.74 Å². The molecule has 2 amide bonds. The van der Waals surface area contributed by atoms with Crippen LogP contribution in [0.4, 0.5) is 14.0 Å². The van der Waals surface area contributed by atoms with E-state index in [0.29, 0.717) is 18.4 Å². The molecule has 1 N–H and O–H groups in total. The Morgan fingerprint density at radius 1 is 1.32 bits per heavy atom. The molecule has 6 nitrogen and oxygen atoms in total. The van der Waals surface area contributed by atoms with Crippen LogP contribution < -0.4 is 0 Å². The smallest absolute Gasteiger partial charge is 0.410 e. The second-order valence-electron chi connectivity index (χ2n) is 7.28. The summed E-state index contributed by atoms with van der Waals surface area (Å²) in [5, 5.41) is 9.45. The lowest BCUT2D eigenvalue weighted by Crippen LogP contribution is -2.49. The molecule has 1 fully saturated rings. The summed E-state index contributed by atoms with van der Waals surface area (Å²) in [6.45, 7) is 5.59. The topological polar surface area (TPSA) is 70.1 Å². The average molecular weight is 352 g/mol. The van der Waals surface area contributed by atoms with E-state index in [1.807, 2.05) is 0 Å². The second kappa shape index (κ2) is 7.29. The van der Waals surface area contributed by atoms with Gasteiger partial charge in [-0.15, -0.1) is 0 Å². The lowest BCUT2D eigenvalue weighted by molar-refractivity contribution is 0.0102. The fourth-order valence-electron chi connectivity index (χ4n) is 3.05. The van der Waals surface area contributed by atoms with Crippen molar-refractivity contribution in [2.45, 2.75) is 51.3 Å². The maximum atomic E-state index is 14.2. The van der Waals surface area contributed by atoms with Crippen molar-refractivity contribution in [2.24, 2.45) is 0 Å². The van der Waals surface area contributed by atoms with E-state index in [1.165, 1.54) is 15.9 Å². The Hall–Kier alpha value is -2.31. The fourth-order valence-corrected chi connectivity index (χ4v) is 3.05. The minimum atomic E-state index is -1.09. The lowest BCUT2D eigenvalue weighted by atomic mass is 9.91. The first-order valence-corrected chi connectivity index (χ1v) is 8.30. The van der Waals surface area contributed by atoms with Gasteiger partial charge in [-0.3, -0.25) is 0 Å². The van der Waals surface area contributed by atoms with Crippen LogP contribution in [0.3, 0.4) is 0 Å². The van der Waals surface area contributed by atoms with Crippen molar-refractivity contribution < 1.29 is 23.8 Å². The van der Waals surface area contributed by atoms with E-state index in [2.05, 4.69) is 0 Å². The highest BCUT2D eigenvalue weighted by Crippen LogP contribution is 2.34. The largest absolute Gasteiger partial charge is 0.465 e. The van der Waals surface area contributed by atoms with Gasteiger partial charge < -0.3 is 19.6 Å². The van der Waals surface area contributed by atoms with Gasteiger partial charge in [-0.1, -0.05) is 18.2 Å². The van der Waals surface area contributed by atoms with Gasteiger partial charge in [-0.05, 0) is 39.7 Å². The quantitative estimate of drug-likeness (QED) is 0.877. The van der Waals surface area contributed by atoms with Crippen molar-refractivity contribution in [1.29, 1.82) is 0 Å². The number of hydrogen-bond acceptors (Lipinski definition) is 3. The number of hydrogen-bond donors (Lipinski definition) is 1. The zero-order chi connectivity index (χ0) is 18.8. The van der Waals surface area contributed by atoms with Gasteiger partial charge in [-0.2, -0.15) is 0 Å². The van der Waals surface area contributed by atoms with Gasteiger partial charge >= 0.3 is 12.2 Å². The number of carboxylic acid groups (broad SMARTS) is 1. The summed E-state index contributed by atoms with van der Waals surface area (Å²) in [6, 6.07) is 5.29. The predicted molar refractivity (Wildman–Crippen MR) is 90.9 cm³/mol. The van der Waals surface area contributed by atoms with Gasteiger partial charge in [-0.25, -0.2) is 14.0 Å². The molecule has 0 spiro atoms. The zero-order valence-electron chi connectivity index (χ0n) is 15.0. The molecule has 138 valence electrons. The first kappa shape index (κ1) is 19.0. The maximum absolute atomic E-state index is 14.2. The SMILES string of the molecule is CN(C(=O)OC(C)(C)C)C1CCN(C(=O)O)C(c2ccccc2F)C1. The average Bonchev–Trinajstić information content (AvgIpc) is 2.52. The number of benzene rings is 1. The first-order valence-electron chi connectivity index (χ1n) is 8.30. The Labute approximate surface area is 147 Å². The lowest BCUT2D eigenvalue weighted by Gasteiger charge is -2.41. The fraction of sp³-hybridized carbons (Fsp3) is 0.556. The van der Waals surface area contributed by atoms with Gasteiger partial charge in [0.05, 0.1) is 6.04 Å². The molecule has 0 aromatic heterocycles. The van der Waals surface area contributed by atoms with E-state index in [4.69, 9.17) is 4.74 Å². The number of amides is 2. The van der Waals surface area contributed by atoms with Crippen LogP contribution in [0.15, 0.2) is 24.3 Å². The molecule has 2 unspecified atom stereocenters. The molecule has 0 saturated carbocycles. The Kier molecular flexibility index (Phi) is 5.55. The van der Waals surface area contributed by atoms with Crippen LogP contribution in [0.2, 0.25) is 0 Å². The highest BCUT2D eigenvalue weighted by atomic mass is 19.1. The molecule has 1 saturated heterocycles. The molecular weight excluding hydrogens is 327 g/mol. The van der Waals surface area contributed by atoms with Gasteiger partial charge in [0, 0.05) is 25.2 Å². The Morgan fingerprint density at radius 3 is 2.52 bits per heavy atom. The van der Waals surface area contributed by atoms with Crippen molar-refractivity contribution >= 4 is 12.2 Å². The van der Waals surface area contributed by atoms with E-state index >= 15 is 0 Å². The van der Waals surface area contributed by atoms with Crippen molar-refractivity contribution in [3.8, 4) is 0 Å². The van der Waals surface area contributed by atoms with Crippen LogP contribution in [0.1, 0.15) is 45.2 Å². The number of nitrogens with zero attached hydrogens (tertiary/aromatic N) is 2. The van der Waals surface area contributed by atoms with E-state index in [-0.39, 0.29) is 12.6 Å². The maximum Gasteiger partial charge on any atom is 0.410 e. The third-order valence-corrected chi connectivity index (χ3v) is 4.31. The molecule has 1 aromatic rings. The molecule has 1 heterocycles. The van der Waals surface area contributed by atoms with Crippen molar-refractivity contribution in [3.05, 3.63) is 35.6 Å². The highest BCUT2D eigenvalue weighted by molar-refractivity contribution is 5.69. The minimum Gasteiger partial charge on any atom is -0.465 e. The molecule has 0 radical (unpaired) electrons. The number of halogens is 1. The number of carbonyl (C=O) groups is 2. The Bertz CT molecular complexity index is 644. The molecule has 2 atom stereocenters.